The molecule has 0 spiro atoms. The van der Waals surface area contributed by atoms with Crippen LogP contribution in [-0.2, 0) is 6.42 Å². The second-order valence-corrected chi connectivity index (χ2v) is 4.82. The van der Waals surface area contributed by atoms with Crippen molar-refractivity contribution in [2.24, 2.45) is 0 Å². The smallest absolute Gasteiger partial charge is 0.263 e. The summed E-state index contributed by atoms with van der Waals surface area (Å²) >= 11 is 1.33. The van der Waals surface area contributed by atoms with Gasteiger partial charge in [-0.05, 0) is 13.0 Å². The molecule has 1 amide bonds. The molecule has 0 aromatic carbocycles. The monoisotopic (exact) mass is 281 g/mol. The van der Waals surface area contributed by atoms with E-state index in [0.29, 0.717) is 36.0 Å². The van der Waals surface area contributed by atoms with Crippen molar-refractivity contribution in [3.63, 3.8) is 0 Å². The highest BCUT2D eigenvalue weighted by atomic mass is 32.1. The highest BCUT2D eigenvalue weighted by Crippen LogP contribution is 2.28. The summed E-state index contributed by atoms with van der Waals surface area (Å²) < 4.78 is 4.88. The summed E-state index contributed by atoms with van der Waals surface area (Å²) in [5.74, 6) is 0.427. The normalized spacial score (nSPS) is 10.4. The van der Waals surface area contributed by atoms with Crippen molar-refractivity contribution < 1.29 is 9.32 Å². The van der Waals surface area contributed by atoms with Gasteiger partial charge in [0.1, 0.15) is 4.88 Å². The van der Waals surface area contributed by atoms with E-state index in [1.807, 2.05) is 6.92 Å². The fourth-order valence-corrected chi connectivity index (χ4v) is 2.43. The Labute approximate surface area is 114 Å². The third-order valence-corrected chi connectivity index (χ3v) is 3.46. The van der Waals surface area contributed by atoms with Gasteiger partial charge in [0.25, 0.3) is 5.91 Å². The molecular formula is C11H15N5O2S. The average molecular weight is 281 g/mol. The molecule has 2 heterocycles. The number of nitrogens with one attached hydrogen (secondary N) is 2. The minimum Gasteiger partial charge on any atom is -0.397 e. The molecule has 2 rings (SSSR count). The van der Waals surface area contributed by atoms with Crippen LogP contribution in [-0.4, -0.2) is 29.1 Å². The number of hydrogen-bond acceptors (Lipinski definition) is 7. The lowest BCUT2D eigenvalue weighted by Gasteiger charge is -2.00. The Hall–Kier alpha value is -2.09. The molecule has 0 aliphatic rings. The Morgan fingerprint density at radius 1 is 1.58 bits per heavy atom. The quantitative estimate of drug-likeness (QED) is 0.732. The number of anilines is 2. The molecule has 0 saturated carbocycles. The van der Waals surface area contributed by atoms with Gasteiger partial charge in [-0.1, -0.05) is 5.16 Å². The zero-order valence-electron chi connectivity index (χ0n) is 10.5. The molecule has 7 nitrogen and oxygen atoms in total. The van der Waals surface area contributed by atoms with Crippen LogP contribution in [0.2, 0.25) is 0 Å². The lowest BCUT2D eigenvalue weighted by molar-refractivity contribution is 0.0960. The van der Waals surface area contributed by atoms with Gasteiger partial charge in [-0.15, -0.1) is 11.3 Å². The van der Waals surface area contributed by atoms with Gasteiger partial charge in [-0.2, -0.15) is 4.98 Å². The van der Waals surface area contributed by atoms with Gasteiger partial charge in [0, 0.05) is 19.5 Å². The minimum atomic E-state index is -0.144. The Bertz CT molecular complexity index is 537. The molecule has 2 aromatic rings. The standard InChI is InChI=1S/C11H15N5O2S/c1-2-13-11(17)10-7(12)5-9(19-10)14-4-3-8-15-6-16-18-8/h5-6,14H,2-4,12H2,1H3,(H,13,17). The first-order valence-corrected chi connectivity index (χ1v) is 6.69. The Balaban J connectivity index is 1.90. The van der Waals surface area contributed by atoms with E-state index >= 15 is 0 Å². The molecule has 0 unspecified atom stereocenters. The number of nitrogen functional groups attached to an aromatic ring is 1. The van der Waals surface area contributed by atoms with Gasteiger partial charge in [0.15, 0.2) is 6.33 Å². The molecule has 0 aliphatic heterocycles. The summed E-state index contributed by atoms with van der Waals surface area (Å²) in [4.78, 5) is 16.1. The topological polar surface area (TPSA) is 106 Å². The molecule has 4 N–H and O–H groups in total. The number of aromatic nitrogens is 2. The summed E-state index contributed by atoms with van der Waals surface area (Å²) in [6.45, 7) is 3.08. The first kappa shape index (κ1) is 13.3. The molecule has 2 aromatic heterocycles. The molecule has 0 saturated heterocycles. The van der Waals surface area contributed by atoms with Crippen molar-refractivity contribution in [3.8, 4) is 0 Å². The van der Waals surface area contributed by atoms with E-state index in [0.717, 1.165) is 5.00 Å². The minimum absolute atomic E-state index is 0.144. The Kier molecular flexibility index (Phi) is 4.35. The second kappa shape index (κ2) is 6.19. The molecule has 0 atom stereocenters. The van der Waals surface area contributed by atoms with E-state index in [2.05, 4.69) is 20.8 Å². The molecule has 0 bridgehead atoms. The molecular weight excluding hydrogens is 266 g/mol. The van der Waals surface area contributed by atoms with E-state index in [9.17, 15) is 4.79 Å². The van der Waals surface area contributed by atoms with Crippen LogP contribution in [0.5, 0.6) is 0 Å². The van der Waals surface area contributed by atoms with Crippen LogP contribution in [0.15, 0.2) is 16.9 Å². The number of rotatable bonds is 6. The van der Waals surface area contributed by atoms with Crippen LogP contribution in [0, 0.1) is 0 Å². The first-order valence-electron chi connectivity index (χ1n) is 5.87. The van der Waals surface area contributed by atoms with Crippen molar-refractivity contribution >= 4 is 27.9 Å². The Morgan fingerprint density at radius 2 is 2.42 bits per heavy atom. The van der Waals surface area contributed by atoms with Gasteiger partial charge in [0.2, 0.25) is 5.89 Å². The number of carbonyl (C=O) groups excluding carboxylic acids is 1. The van der Waals surface area contributed by atoms with Crippen LogP contribution in [0.25, 0.3) is 0 Å². The molecule has 0 aliphatic carbocycles. The second-order valence-electron chi connectivity index (χ2n) is 3.77. The zero-order valence-corrected chi connectivity index (χ0v) is 11.3. The highest BCUT2D eigenvalue weighted by molar-refractivity contribution is 7.18. The summed E-state index contributed by atoms with van der Waals surface area (Å²) in [7, 11) is 0. The summed E-state index contributed by atoms with van der Waals surface area (Å²) in [5.41, 5.74) is 6.29. The van der Waals surface area contributed by atoms with Crippen molar-refractivity contribution in [2.45, 2.75) is 13.3 Å². The largest absolute Gasteiger partial charge is 0.397 e. The maximum Gasteiger partial charge on any atom is 0.263 e. The zero-order chi connectivity index (χ0) is 13.7. The van der Waals surface area contributed by atoms with Gasteiger partial charge >= 0.3 is 0 Å². The van der Waals surface area contributed by atoms with E-state index in [1.54, 1.807) is 6.07 Å². The van der Waals surface area contributed by atoms with E-state index in [4.69, 9.17) is 10.3 Å². The lowest BCUT2D eigenvalue weighted by atomic mass is 10.3. The van der Waals surface area contributed by atoms with Gasteiger partial charge in [-0.25, -0.2) is 0 Å². The Morgan fingerprint density at radius 3 is 3.11 bits per heavy atom. The van der Waals surface area contributed by atoms with Crippen LogP contribution >= 0.6 is 11.3 Å². The summed E-state index contributed by atoms with van der Waals surface area (Å²) in [5, 5.41) is 10.3. The summed E-state index contributed by atoms with van der Waals surface area (Å²) in [6.07, 6.45) is 1.99. The molecule has 0 fully saturated rings. The number of thiophene rings is 1. The van der Waals surface area contributed by atoms with E-state index in [1.165, 1.54) is 17.7 Å². The van der Waals surface area contributed by atoms with Gasteiger partial charge in [-0.3, -0.25) is 4.79 Å². The van der Waals surface area contributed by atoms with E-state index < -0.39 is 0 Å². The highest BCUT2D eigenvalue weighted by Gasteiger charge is 2.13. The predicted octanol–water partition coefficient (Wildman–Crippen LogP) is 1.12. The van der Waals surface area contributed by atoms with Crippen molar-refractivity contribution in [1.29, 1.82) is 0 Å². The molecule has 19 heavy (non-hydrogen) atoms. The third-order valence-electron chi connectivity index (χ3n) is 2.35. The van der Waals surface area contributed by atoms with E-state index in [-0.39, 0.29) is 5.91 Å². The predicted molar refractivity (Wildman–Crippen MR) is 73.2 cm³/mol. The molecule has 102 valence electrons. The van der Waals surface area contributed by atoms with Crippen LogP contribution in [0.4, 0.5) is 10.7 Å². The number of nitrogens with zero attached hydrogens (tertiary/aromatic N) is 2. The van der Waals surface area contributed by atoms with Crippen LogP contribution < -0.4 is 16.4 Å². The third kappa shape index (κ3) is 3.44. The van der Waals surface area contributed by atoms with Crippen molar-refractivity contribution in [3.05, 3.63) is 23.2 Å². The number of carbonyl (C=O) groups is 1. The molecule has 8 heteroatoms. The number of nitrogens with two attached hydrogens (primary N) is 1. The maximum atomic E-state index is 11.7. The first-order chi connectivity index (χ1) is 9.20. The average Bonchev–Trinajstić information content (AvgIpc) is 2.99. The number of amides is 1. The van der Waals surface area contributed by atoms with Gasteiger partial charge in [0.05, 0.1) is 10.7 Å². The van der Waals surface area contributed by atoms with Crippen molar-refractivity contribution in [2.75, 3.05) is 24.1 Å². The van der Waals surface area contributed by atoms with Gasteiger partial charge < -0.3 is 20.9 Å². The summed E-state index contributed by atoms with van der Waals surface area (Å²) in [6, 6.07) is 1.75. The van der Waals surface area contributed by atoms with Crippen LogP contribution in [0.1, 0.15) is 22.5 Å². The fourth-order valence-electron chi connectivity index (χ4n) is 1.51. The maximum absolute atomic E-state index is 11.7. The fraction of sp³-hybridized carbons (Fsp3) is 0.364. The number of hydrogen-bond donors (Lipinski definition) is 3. The molecule has 0 radical (unpaired) electrons. The van der Waals surface area contributed by atoms with Crippen LogP contribution in [0.3, 0.4) is 0 Å². The SMILES string of the molecule is CCNC(=O)c1sc(NCCc2ncno2)cc1N. The lowest BCUT2D eigenvalue weighted by Crippen LogP contribution is -2.22. The van der Waals surface area contributed by atoms with Crippen molar-refractivity contribution in [1.82, 2.24) is 15.5 Å².